The van der Waals surface area contributed by atoms with Crippen LogP contribution in [0.25, 0.3) is 17.4 Å². The molecule has 1 aliphatic heterocycles. The molecule has 30 heavy (non-hydrogen) atoms. The molecule has 1 aromatic carbocycles. The lowest BCUT2D eigenvalue weighted by Crippen LogP contribution is -2.42. The third-order valence-corrected chi connectivity index (χ3v) is 5.42. The number of amides is 2. The third kappa shape index (κ3) is 4.27. The van der Waals surface area contributed by atoms with E-state index in [4.69, 9.17) is 25.9 Å². The standard InChI is InChI=1S/C20H16ClNO7S/c1-3-28-19(26)10(2)22-17(23)16(30-20(22)27)9-12-5-7-15(29-12)11-4-6-13(18(24)25)14(21)8-11/h4-10H,3H2,1-2H3,(H,24,25)/b16-9-. The van der Waals surface area contributed by atoms with Gasteiger partial charge in [0, 0.05) is 11.6 Å². The number of imide groups is 1. The summed E-state index contributed by atoms with van der Waals surface area (Å²) >= 11 is 6.68. The normalized spacial score (nSPS) is 16.2. The molecule has 1 aromatic heterocycles. The van der Waals surface area contributed by atoms with Crippen LogP contribution in [0.1, 0.15) is 30.0 Å². The summed E-state index contributed by atoms with van der Waals surface area (Å²) in [7, 11) is 0. The number of hydrogen-bond acceptors (Lipinski definition) is 7. The first-order valence-corrected chi connectivity index (χ1v) is 9.99. The van der Waals surface area contributed by atoms with Crippen LogP contribution in [-0.2, 0) is 14.3 Å². The van der Waals surface area contributed by atoms with Crippen molar-refractivity contribution in [2.45, 2.75) is 19.9 Å². The summed E-state index contributed by atoms with van der Waals surface area (Å²) in [4.78, 5) is 48.7. The van der Waals surface area contributed by atoms with Crippen LogP contribution in [0, 0.1) is 0 Å². The number of thioether (sulfide) groups is 1. The highest BCUT2D eigenvalue weighted by molar-refractivity contribution is 8.18. The highest BCUT2D eigenvalue weighted by Gasteiger charge is 2.41. The molecule has 8 nitrogen and oxygen atoms in total. The van der Waals surface area contributed by atoms with Crippen molar-refractivity contribution >= 4 is 52.5 Å². The Bertz CT molecular complexity index is 1070. The molecule has 2 aromatic rings. The number of carboxylic acid groups (broad SMARTS) is 1. The van der Waals surface area contributed by atoms with Gasteiger partial charge >= 0.3 is 11.9 Å². The first-order chi connectivity index (χ1) is 14.2. The smallest absolute Gasteiger partial charge is 0.337 e. The number of hydrogen-bond donors (Lipinski definition) is 1. The molecule has 1 unspecified atom stereocenters. The maximum absolute atomic E-state index is 12.6. The van der Waals surface area contributed by atoms with Crippen LogP contribution in [0.3, 0.4) is 0 Å². The van der Waals surface area contributed by atoms with Crippen LogP contribution >= 0.6 is 23.4 Å². The van der Waals surface area contributed by atoms with Gasteiger partial charge in [0.05, 0.1) is 22.1 Å². The van der Waals surface area contributed by atoms with Gasteiger partial charge in [-0.25, -0.2) is 9.59 Å². The summed E-state index contributed by atoms with van der Waals surface area (Å²) in [5.41, 5.74) is 0.519. The van der Waals surface area contributed by atoms with Crippen LogP contribution in [0.15, 0.2) is 39.7 Å². The van der Waals surface area contributed by atoms with Gasteiger partial charge in [0.15, 0.2) is 0 Å². The molecule has 0 bridgehead atoms. The van der Waals surface area contributed by atoms with E-state index in [1.807, 2.05) is 0 Å². The zero-order chi connectivity index (χ0) is 22.0. The summed E-state index contributed by atoms with van der Waals surface area (Å²) in [6.07, 6.45) is 1.40. The number of benzene rings is 1. The van der Waals surface area contributed by atoms with E-state index < -0.39 is 29.1 Å². The number of aromatic carboxylic acids is 1. The Morgan fingerprint density at radius 1 is 1.30 bits per heavy atom. The Morgan fingerprint density at radius 2 is 2.03 bits per heavy atom. The quantitative estimate of drug-likeness (QED) is 0.513. The van der Waals surface area contributed by atoms with E-state index in [2.05, 4.69) is 0 Å². The van der Waals surface area contributed by atoms with Gasteiger partial charge in [-0.05, 0) is 49.9 Å². The van der Waals surface area contributed by atoms with Gasteiger partial charge in [-0.15, -0.1) is 0 Å². The van der Waals surface area contributed by atoms with Crippen LogP contribution < -0.4 is 0 Å². The summed E-state index contributed by atoms with van der Waals surface area (Å²) in [6, 6.07) is 6.56. The van der Waals surface area contributed by atoms with Gasteiger partial charge in [0.1, 0.15) is 17.6 Å². The zero-order valence-electron chi connectivity index (χ0n) is 15.9. The second-order valence-electron chi connectivity index (χ2n) is 6.18. The first kappa shape index (κ1) is 21.7. The van der Waals surface area contributed by atoms with Crippen molar-refractivity contribution in [3.8, 4) is 11.3 Å². The molecule has 0 saturated carbocycles. The van der Waals surface area contributed by atoms with Crippen molar-refractivity contribution < 1.29 is 33.4 Å². The van der Waals surface area contributed by atoms with Gasteiger partial charge < -0.3 is 14.3 Å². The molecule has 2 amide bonds. The molecular weight excluding hydrogens is 434 g/mol. The molecule has 0 radical (unpaired) electrons. The maximum Gasteiger partial charge on any atom is 0.337 e. The fourth-order valence-electron chi connectivity index (χ4n) is 2.74. The molecule has 0 spiro atoms. The number of carbonyl (C=O) groups excluding carboxylic acids is 3. The number of carbonyl (C=O) groups is 4. The van der Waals surface area contributed by atoms with Crippen molar-refractivity contribution in [3.05, 3.63) is 51.6 Å². The summed E-state index contributed by atoms with van der Waals surface area (Å²) in [5.74, 6) is -1.71. The average Bonchev–Trinajstić information content (AvgIpc) is 3.26. The van der Waals surface area contributed by atoms with Gasteiger partial charge in [0.2, 0.25) is 0 Å². The van der Waals surface area contributed by atoms with E-state index in [-0.39, 0.29) is 22.1 Å². The lowest BCUT2D eigenvalue weighted by atomic mass is 10.1. The summed E-state index contributed by atoms with van der Waals surface area (Å²) < 4.78 is 10.6. The van der Waals surface area contributed by atoms with Crippen molar-refractivity contribution in [1.29, 1.82) is 0 Å². The van der Waals surface area contributed by atoms with Crippen molar-refractivity contribution in [3.63, 3.8) is 0 Å². The average molecular weight is 450 g/mol. The first-order valence-electron chi connectivity index (χ1n) is 8.79. The number of ether oxygens (including phenoxy) is 1. The fourth-order valence-corrected chi connectivity index (χ4v) is 3.89. The third-order valence-electron chi connectivity index (χ3n) is 4.22. The highest BCUT2D eigenvalue weighted by atomic mass is 35.5. The Balaban J connectivity index is 1.82. The van der Waals surface area contributed by atoms with E-state index in [1.165, 1.54) is 25.1 Å². The fraction of sp³-hybridized carbons (Fsp3) is 0.200. The number of rotatable bonds is 6. The number of furan rings is 1. The van der Waals surface area contributed by atoms with Gasteiger partial charge in [-0.2, -0.15) is 0 Å². The highest BCUT2D eigenvalue weighted by Crippen LogP contribution is 2.35. The van der Waals surface area contributed by atoms with E-state index >= 15 is 0 Å². The largest absolute Gasteiger partial charge is 0.478 e. The lowest BCUT2D eigenvalue weighted by Gasteiger charge is -2.19. The molecule has 156 valence electrons. The Kier molecular flexibility index (Phi) is 6.33. The minimum absolute atomic E-state index is 0.0309. The second kappa shape index (κ2) is 8.76. The molecule has 1 saturated heterocycles. The van der Waals surface area contributed by atoms with Crippen LogP contribution in [0.5, 0.6) is 0 Å². The topological polar surface area (TPSA) is 114 Å². The second-order valence-corrected chi connectivity index (χ2v) is 7.58. The van der Waals surface area contributed by atoms with Crippen LogP contribution in [-0.4, -0.2) is 45.7 Å². The molecule has 0 aliphatic carbocycles. The number of nitrogens with zero attached hydrogens (tertiary/aromatic N) is 1. The Hall–Kier alpha value is -3.04. The molecule has 1 fully saturated rings. The predicted molar refractivity (Wildman–Crippen MR) is 110 cm³/mol. The van der Waals surface area contributed by atoms with Gasteiger partial charge in [-0.3, -0.25) is 14.5 Å². The molecule has 1 atom stereocenters. The Labute approximate surface area is 180 Å². The number of halogens is 1. The van der Waals surface area contributed by atoms with Crippen molar-refractivity contribution in [2.24, 2.45) is 0 Å². The van der Waals surface area contributed by atoms with E-state index in [0.717, 1.165) is 4.90 Å². The molecule has 1 aliphatic rings. The maximum atomic E-state index is 12.6. The molecular formula is C20H16ClNO7S. The summed E-state index contributed by atoms with van der Waals surface area (Å²) in [6.45, 7) is 3.20. The molecule has 10 heteroatoms. The van der Waals surface area contributed by atoms with Crippen LogP contribution in [0.2, 0.25) is 5.02 Å². The number of esters is 1. The SMILES string of the molecule is CCOC(=O)C(C)N1C(=O)S/C(=C\c2ccc(-c3ccc(C(=O)O)c(Cl)c3)o2)C1=O. The predicted octanol–water partition coefficient (Wildman–Crippen LogP) is 4.29. The Morgan fingerprint density at radius 3 is 2.67 bits per heavy atom. The molecule has 3 rings (SSSR count). The van der Waals surface area contributed by atoms with Gasteiger partial charge in [-0.1, -0.05) is 17.7 Å². The van der Waals surface area contributed by atoms with Crippen molar-refractivity contribution in [2.75, 3.05) is 6.61 Å². The molecule has 1 N–H and O–H groups in total. The van der Waals surface area contributed by atoms with E-state index in [9.17, 15) is 19.2 Å². The zero-order valence-corrected chi connectivity index (χ0v) is 17.5. The minimum Gasteiger partial charge on any atom is -0.478 e. The van der Waals surface area contributed by atoms with Crippen molar-refractivity contribution in [1.82, 2.24) is 4.90 Å². The van der Waals surface area contributed by atoms with E-state index in [0.29, 0.717) is 28.8 Å². The minimum atomic E-state index is -1.14. The van der Waals surface area contributed by atoms with Crippen LogP contribution in [0.4, 0.5) is 4.79 Å². The monoisotopic (exact) mass is 449 g/mol. The lowest BCUT2D eigenvalue weighted by molar-refractivity contribution is -0.150. The number of carboxylic acids is 1. The van der Waals surface area contributed by atoms with E-state index in [1.54, 1.807) is 25.1 Å². The molecule has 2 heterocycles. The summed E-state index contributed by atoms with van der Waals surface area (Å²) in [5, 5.41) is 8.54. The van der Waals surface area contributed by atoms with Gasteiger partial charge in [0.25, 0.3) is 11.1 Å².